The third-order valence-corrected chi connectivity index (χ3v) is 2.96. The molecule has 0 N–H and O–H groups in total. The average molecular weight is 229 g/mol. The topological polar surface area (TPSA) is 27.1 Å². The zero-order chi connectivity index (χ0) is 10.5. The van der Waals surface area contributed by atoms with Crippen LogP contribution in [0, 0.1) is 0 Å². The van der Waals surface area contributed by atoms with Gasteiger partial charge in [-0.1, -0.05) is 0 Å². The van der Waals surface area contributed by atoms with Crippen LogP contribution in [0.3, 0.4) is 0 Å². The Morgan fingerprint density at radius 3 is 3.07 bits per heavy atom. The van der Waals surface area contributed by atoms with Crippen LogP contribution in [0.5, 0.6) is 0 Å². The quantitative estimate of drug-likeness (QED) is 0.570. The first-order valence-corrected chi connectivity index (χ1v) is 6.12. The van der Waals surface area contributed by atoms with E-state index in [2.05, 4.69) is 9.55 Å². The third-order valence-electron chi connectivity index (χ3n) is 2.81. The van der Waals surface area contributed by atoms with Crippen LogP contribution in [0.1, 0.15) is 24.2 Å². The van der Waals surface area contributed by atoms with Crippen molar-refractivity contribution in [3.63, 3.8) is 0 Å². The van der Waals surface area contributed by atoms with Gasteiger partial charge in [-0.25, -0.2) is 4.98 Å². The lowest BCUT2D eigenvalue weighted by Crippen LogP contribution is -2.12. The maximum atomic E-state index is 5.53. The predicted octanol–water partition coefficient (Wildman–Crippen LogP) is 2.02. The van der Waals surface area contributed by atoms with Crippen molar-refractivity contribution in [3.05, 3.63) is 17.7 Å². The molecule has 0 aromatic carbocycles. The van der Waals surface area contributed by atoms with Crippen molar-refractivity contribution >= 4 is 11.6 Å². The number of ether oxygens (including phenoxy) is 1. The fourth-order valence-electron chi connectivity index (χ4n) is 2.04. The fraction of sp³-hybridized carbons (Fsp3) is 0.727. The Morgan fingerprint density at radius 1 is 1.33 bits per heavy atom. The van der Waals surface area contributed by atoms with Crippen molar-refractivity contribution in [3.8, 4) is 0 Å². The summed E-state index contributed by atoms with van der Waals surface area (Å²) in [6.07, 6.45) is 6.84. The van der Waals surface area contributed by atoms with E-state index in [1.54, 1.807) is 0 Å². The molecule has 0 bridgehead atoms. The zero-order valence-electron chi connectivity index (χ0n) is 8.91. The molecule has 0 amide bonds. The summed E-state index contributed by atoms with van der Waals surface area (Å²) in [6.45, 7) is 2.27. The van der Waals surface area contributed by atoms with Gasteiger partial charge in [-0.3, -0.25) is 0 Å². The molecule has 0 fully saturated rings. The lowest BCUT2D eigenvalue weighted by molar-refractivity contribution is 0.140. The molecule has 1 heterocycles. The Kier molecular flexibility index (Phi) is 4.03. The summed E-state index contributed by atoms with van der Waals surface area (Å²) in [5, 5.41) is 0. The highest BCUT2D eigenvalue weighted by molar-refractivity contribution is 6.17. The van der Waals surface area contributed by atoms with E-state index in [9.17, 15) is 0 Å². The van der Waals surface area contributed by atoms with Gasteiger partial charge in [0.25, 0.3) is 0 Å². The van der Waals surface area contributed by atoms with Gasteiger partial charge in [-0.2, -0.15) is 0 Å². The van der Waals surface area contributed by atoms with E-state index >= 15 is 0 Å². The molecule has 4 heteroatoms. The maximum absolute atomic E-state index is 5.53. The van der Waals surface area contributed by atoms with E-state index in [0.29, 0.717) is 12.5 Å². The summed E-state index contributed by atoms with van der Waals surface area (Å²) in [4.78, 5) is 4.44. The molecule has 0 saturated carbocycles. The molecule has 2 rings (SSSR count). The number of nitrogens with zero attached hydrogens (tertiary/aromatic N) is 2. The first-order valence-electron chi connectivity index (χ1n) is 5.58. The molecule has 0 unspecified atom stereocenters. The van der Waals surface area contributed by atoms with Crippen molar-refractivity contribution in [1.82, 2.24) is 9.55 Å². The highest BCUT2D eigenvalue weighted by Crippen LogP contribution is 2.19. The zero-order valence-corrected chi connectivity index (χ0v) is 9.67. The monoisotopic (exact) mass is 228 g/mol. The summed E-state index contributed by atoms with van der Waals surface area (Å²) in [5.41, 5.74) is 2.70. The molecule has 1 aromatic rings. The summed E-state index contributed by atoms with van der Waals surface area (Å²) in [7, 11) is 0. The molecular weight excluding hydrogens is 212 g/mol. The van der Waals surface area contributed by atoms with Crippen LogP contribution in [0.2, 0.25) is 0 Å². The molecule has 15 heavy (non-hydrogen) atoms. The lowest BCUT2D eigenvalue weighted by Gasteiger charge is -2.13. The van der Waals surface area contributed by atoms with E-state index in [4.69, 9.17) is 16.3 Å². The van der Waals surface area contributed by atoms with Crippen LogP contribution >= 0.6 is 11.6 Å². The summed E-state index contributed by atoms with van der Waals surface area (Å²) in [6, 6.07) is 0. The smallest absolute Gasteiger partial charge is 0.0952 e. The first kappa shape index (κ1) is 11.0. The second-order valence-corrected chi connectivity index (χ2v) is 4.22. The molecule has 0 saturated heterocycles. The Hall–Kier alpha value is -0.540. The van der Waals surface area contributed by atoms with Gasteiger partial charge in [0.05, 0.1) is 25.2 Å². The summed E-state index contributed by atoms with van der Waals surface area (Å²) >= 11 is 5.53. The fourth-order valence-corrected chi connectivity index (χ4v) is 2.15. The van der Waals surface area contributed by atoms with E-state index < -0.39 is 0 Å². The minimum absolute atomic E-state index is 0.571. The van der Waals surface area contributed by atoms with Crippen LogP contribution in [-0.4, -0.2) is 28.6 Å². The minimum Gasteiger partial charge on any atom is -0.378 e. The third kappa shape index (κ3) is 2.73. The Bertz CT molecular complexity index is 312. The van der Waals surface area contributed by atoms with Crippen LogP contribution < -0.4 is 0 Å². The van der Waals surface area contributed by atoms with Gasteiger partial charge < -0.3 is 9.30 Å². The predicted molar refractivity (Wildman–Crippen MR) is 60.4 cm³/mol. The van der Waals surface area contributed by atoms with Crippen LogP contribution in [-0.2, 0) is 24.1 Å². The Balaban J connectivity index is 1.88. The molecule has 3 nitrogen and oxygen atoms in total. The number of imidazole rings is 1. The molecule has 84 valence electrons. The number of hydrogen-bond acceptors (Lipinski definition) is 2. The van der Waals surface area contributed by atoms with Crippen molar-refractivity contribution in [2.45, 2.75) is 32.2 Å². The second kappa shape index (κ2) is 5.52. The number of hydrogen-bond donors (Lipinski definition) is 0. The molecular formula is C11H17ClN2O. The molecule has 0 spiro atoms. The van der Waals surface area contributed by atoms with Crippen molar-refractivity contribution in [2.24, 2.45) is 0 Å². The highest BCUT2D eigenvalue weighted by atomic mass is 35.5. The van der Waals surface area contributed by atoms with E-state index in [1.165, 1.54) is 30.7 Å². The second-order valence-electron chi connectivity index (χ2n) is 3.84. The van der Waals surface area contributed by atoms with Gasteiger partial charge in [0.15, 0.2) is 0 Å². The lowest BCUT2D eigenvalue weighted by atomic mass is 10.0. The van der Waals surface area contributed by atoms with Crippen molar-refractivity contribution < 1.29 is 4.74 Å². The maximum Gasteiger partial charge on any atom is 0.0952 e. The van der Waals surface area contributed by atoms with Crippen LogP contribution in [0.25, 0.3) is 0 Å². The number of aryl methyl sites for hydroxylation is 1. The molecule has 0 aliphatic heterocycles. The highest BCUT2D eigenvalue weighted by Gasteiger charge is 2.14. The normalized spacial score (nSPS) is 15.3. The van der Waals surface area contributed by atoms with Crippen LogP contribution in [0.15, 0.2) is 6.33 Å². The molecule has 0 radical (unpaired) electrons. The first-order chi connectivity index (χ1) is 7.42. The van der Waals surface area contributed by atoms with E-state index in [0.717, 1.165) is 19.6 Å². The van der Waals surface area contributed by atoms with Gasteiger partial charge in [0.1, 0.15) is 0 Å². The van der Waals surface area contributed by atoms with Gasteiger partial charge in [-0.15, -0.1) is 11.6 Å². The standard InChI is InChI=1S/C11H17ClN2O/c12-5-7-15-8-6-14-9-13-10-3-1-2-4-11(10)14/h9H,1-8H2. The van der Waals surface area contributed by atoms with Gasteiger partial charge in [-0.05, 0) is 25.7 Å². The van der Waals surface area contributed by atoms with E-state index in [-0.39, 0.29) is 0 Å². The number of alkyl halides is 1. The largest absolute Gasteiger partial charge is 0.378 e. The SMILES string of the molecule is ClCCOCCn1cnc2c1CCCC2. The number of rotatable bonds is 5. The molecule has 1 aliphatic rings. The molecule has 1 aromatic heterocycles. The van der Waals surface area contributed by atoms with Crippen molar-refractivity contribution in [1.29, 1.82) is 0 Å². The Labute approximate surface area is 95.4 Å². The van der Waals surface area contributed by atoms with Gasteiger partial charge in [0.2, 0.25) is 0 Å². The Morgan fingerprint density at radius 2 is 2.20 bits per heavy atom. The summed E-state index contributed by atoms with van der Waals surface area (Å²) < 4.78 is 7.59. The number of halogens is 1. The van der Waals surface area contributed by atoms with Gasteiger partial charge >= 0.3 is 0 Å². The summed E-state index contributed by atoms with van der Waals surface area (Å²) in [5.74, 6) is 0.571. The molecule has 1 aliphatic carbocycles. The number of fused-ring (bicyclic) bond motifs is 1. The molecule has 0 atom stereocenters. The van der Waals surface area contributed by atoms with Crippen LogP contribution in [0.4, 0.5) is 0 Å². The van der Waals surface area contributed by atoms with Gasteiger partial charge in [0, 0.05) is 18.1 Å². The van der Waals surface area contributed by atoms with Crippen molar-refractivity contribution in [2.75, 3.05) is 19.1 Å². The minimum atomic E-state index is 0.571. The number of aromatic nitrogens is 2. The average Bonchev–Trinajstić information content (AvgIpc) is 2.68. The van der Waals surface area contributed by atoms with E-state index in [1.807, 2.05) is 6.33 Å².